The van der Waals surface area contributed by atoms with Crippen LogP contribution in [-0.4, -0.2) is 37.0 Å². The van der Waals surface area contributed by atoms with E-state index in [4.69, 9.17) is 10.5 Å². The monoisotopic (exact) mass is 250 g/mol. The minimum absolute atomic E-state index is 0.0672. The van der Waals surface area contributed by atoms with Crippen molar-refractivity contribution in [1.29, 1.82) is 0 Å². The van der Waals surface area contributed by atoms with Gasteiger partial charge in [-0.2, -0.15) is 0 Å². The van der Waals surface area contributed by atoms with Gasteiger partial charge in [0.2, 0.25) is 0 Å². The summed E-state index contributed by atoms with van der Waals surface area (Å²) in [7, 11) is 3.23. The van der Waals surface area contributed by atoms with E-state index in [2.05, 4.69) is 0 Å². The molecule has 0 aliphatic heterocycles. The number of anilines is 1. The highest BCUT2D eigenvalue weighted by atomic mass is 16.5. The molecule has 0 aliphatic rings. The molecular weight excluding hydrogens is 232 g/mol. The van der Waals surface area contributed by atoms with Gasteiger partial charge in [-0.3, -0.25) is 9.59 Å². The number of ether oxygens (including phenoxy) is 1. The number of para-hydroxylation sites is 1. The highest BCUT2D eigenvalue weighted by molar-refractivity contribution is 5.84. The predicted octanol–water partition coefficient (Wildman–Crippen LogP) is 0.831. The number of nitrogens with two attached hydrogens (primary N) is 1. The van der Waals surface area contributed by atoms with Crippen LogP contribution in [0.3, 0.4) is 0 Å². The molecule has 18 heavy (non-hydrogen) atoms. The van der Waals surface area contributed by atoms with Crippen LogP contribution in [0, 0.1) is 0 Å². The minimum atomic E-state index is -0.780. The van der Waals surface area contributed by atoms with Crippen LogP contribution < -0.4 is 5.73 Å². The maximum atomic E-state index is 11.7. The minimum Gasteiger partial charge on any atom is -0.452 e. The van der Waals surface area contributed by atoms with Crippen molar-refractivity contribution in [2.24, 2.45) is 0 Å². The highest BCUT2D eigenvalue weighted by Crippen LogP contribution is 2.12. The molecule has 0 saturated heterocycles. The normalized spacial score (nSPS) is 11.7. The molecule has 0 saturated carbocycles. The topological polar surface area (TPSA) is 72.6 Å². The van der Waals surface area contributed by atoms with Crippen LogP contribution in [0.15, 0.2) is 24.3 Å². The molecule has 5 heteroatoms. The first-order chi connectivity index (χ1) is 8.41. The lowest BCUT2D eigenvalue weighted by atomic mass is 10.1. The van der Waals surface area contributed by atoms with Crippen LogP contribution in [0.4, 0.5) is 5.69 Å². The Morgan fingerprint density at radius 3 is 2.50 bits per heavy atom. The zero-order chi connectivity index (χ0) is 13.7. The van der Waals surface area contributed by atoms with Crippen LogP contribution in [0.2, 0.25) is 0 Å². The number of esters is 1. The molecule has 1 aromatic carbocycles. The molecule has 1 amide bonds. The number of rotatable bonds is 4. The molecule has 5 nitrogen and oxygen atoms in total. The lowest BCUT2D eigenvalue weighted by molar-refractivity contribution is -0.157. The fourth-order valence-electron chi connectivity index (χ4n) is 1.50. The van der Waals surface area contributed by atoms with Gasteiger partial charge in [-0.1, -0.05) is 18.2 Å². The standard InChI is InChI=1S/C13H18N2O3/c1-9(13(17)15(2)3)18-12(16)8-10-6-4-5-7-11(10)14/h4-7,9H,8,14H2,1-3H3. The first-order valence-electron chi connectivity index (χ1n) is 5.66. The van der Waals surface area contributed by atoms with Gasteiger partial charge in [0.25, 0.3) is 5.91 Å². The Balaban J connectivity index is 2.58. The molecular formula is C13H18N2O3. The van der Waals surface area contributed by atoms with Crippen LogP contribution in [0.1, 0.15) is 12.5 Å². The summed E-state index contributed by atoms with van der Waals surface area (Å²) < 4.78 is 5.05. The largest absolute Gasteiger partial charge is 0.452 e. The molecule has 0 aliphatic carbocycles. The van der Waals surface area contributed by atoms with Crippen molar-refractivity contribution in [2.75, 3.05) is 19.8 Å². The summed E-state index contributed by atoms with van der Waals surface area (Å²) in [5.74, 6) is -0.708. The van der Waals surface area contributed by atoms with Crippen molar-refractivity contribution in [3.63, 3.8) is 0 Å². The molecule has 0 fully saturated rings. The first kappa shape index (κ1) is 14.0. The molecule has 0 radical (unpaired) electrons. The van der Waals surface area contributed by atoms with Crippen LogP contribution in [0.25, 0.3) is 0 Å². The molecule has 0 aromatic heterocycles. The van der Waals surface area contributed by atoms with Gasteiger partial charge in [0.05, 0.1) is 6.42 Å². The smallest absolute Gasteiger partial charge is 0.311 e. The van der Waals surface area contributed by atoms with Crippen molar-refractivity contribution in [2.45, 2.75) is 19.4 Å². The fourth-order valence-corrected chi connectivity index (χ4v) is 1.50. The molecule has 1 atom stereocenters. The number of nitrogen functional groups attached to an aromatic ring is 1. The van der Waals surface area contributed by atoms with Gasteiger partial charge in [-0.25, -0.2) is 0 Å². The zero-order valence-corrected chi connectivity index (χ0v) is 10.8. The Bertz CT molecular complexity index is 444. The molecule has 2 N–H and O–H groups in total. The maximum Gasteiger partial charge on any atom is 0.311 e. The molecule has 0 bridgehead atoms. The van der Waals surface area contributed by atoms with Gasteiger partial charge >= 0.3 is 5.97 Å². The average Bonchev–Trinajstić information content (AvgIpc) is 2.30. The van der Waals surface area contributed by atoms with Gasteiger partial charge in [0.15, 0.2) is 6.10 Å². The summed E-state index contributed by atoms with van der Waals surface area (Å²) >= 11 is 0. The van der Waals surface area contributed by atoms with E-state index < -0.39 is 12.1 Å². The zero-order valence-electron chi connectivity index (χ0n) is 10.8. The van der Waals surface area contributed by atoms with E-state index in [1.807, 2.05) is 0 Å². The van der Waals surface area contributed by atoms with Gasteiger partial charge in [0.1, 0.15) is 0 Å². The third-order valence-electron chi connectivity index (χ3n) is 2.49. The van der Waals surface area contributed by atoms with Gasteiger partial charge in [-0.15, -0.1) is 0 Å². The van der Waals surface area contributed by atoms with E-state index in [1.165, 1.54) is 4.90 Å². The van der Waals surface area contributed by atoms with E-state index in [9.17, 15) is 9.59 Å². The Labute approximate surface area is 107 Å². The maximum absolute atomic E-state index is 11.7. The van der Waals surface area contributed by atoms with Gasteiger partial charge in [0, 0.05) is 19.8 Å². The third-order valence-corrected chi connectivity index (χ3v) is 2.49. The van der Waals surface area contributed by atoms with Crippen molar-refractivity contribution < 1.29 is 14.3 Å². The summed E-state index contributed by atoms with van der Waals surface area (Å²) in [6.45, 7) is 1.55. The van der Waals surface area contributed by atoms with E-state index in [0.29, 0.717) is 11.3 Å². The molecule has 0 heterocycles. The van der Waals surface area contributed by atoms with Crippen molar-refractivity contribution in [3.05, 3.63) is 29.8 Å². The summed E-state index contributed by atoms with van der Waals surface area (Å²) in [6.07, 6.45) is -0.713. The average molecular weight is 250 g/mol. The number of hydrogen-bond donors (Lipinski definition) is 1. The fraction of sp³-hybridized carbons (Fsp3) is 0.385. The van der Waals surface area contributed by atoms with Crippen molar-refractivity contribution >= 4 is 17.6 Å². The van der Waals surface area contributed by atoms with Crippen molar-refractivity contribution in [3.8, 4) is 0 Å². The molecule has 1 rings (SSSR count). The summed E-state index contributed by atoms with van der Waals surface area (Å²) in [6, 6.07) is 7.07. The summed E-state index contributed by atoms with van der Waals surface area (Å²) in [5.41, 5.74) is 6.97. The molecule has 1 unspecified atom stereocenters. The lowest BCUT2D eigenvalue weighted by Crippen LogP contribution is -2.35. The van der Waals surface area contributed by atoms with Crippen LogP contribution in [-0.2, 0) is 20.7 Å². The second-order valence-corrected chi connectivity index (χ2v) is 4.24. The van der Waals surface area contributed by atoms with E-state index in [0.717, 1.165) is 0 Å². The lowest BCUT2D eigenvalue weighted by Gasteiger charge is -2.17. The second kappa shape index (κ2) is 6.05. The Kier molecular flexibility index (Phi) is 4.71. The van der Waals surface area contributed by atoms with Crippen LogP contribution >= 0.6 is 0 Å². The number of carbonyl (C=O) groups excluding carboxylic acids is 2. The predicted molar refractivity (Wildman–Crippen MR) is 68.8 cm³/mol. The Morgan fingerprint density at radius 2 is 1.94 bits per heavy atom. The van der Waals surface area contributed by atoms with Gasteiger partial charge in [-0.05, 0) is 18.6 Å². The summed E-state index contributed by atoms with van der Waals surface area (Å²) in [4.78, 5) is 24.6. The second-order valence-electron chi connectivity index (χ2n) is 4.24. The third kappa shape index (κ3) is 3.76. The number of likely N-dealkylation sites (N-methyl/N-ethyl adjacent to an activating group) is 1. The number of nitrogens with zero attached hydrogens (tertiary/aromatic N) is 1. The van der Waals surface area contributed by atoms with E-state index in [-0.39, 0.29) is 12.3 Å². The summed E-state index contributed by atoms with van der Waals surface area (Å²) in [5, 5.41) is 0. The molecule has 98 valence electrons. The molecule has 1 aromatic rings. The van der Waals surface area contributed by atoms with Crippen molar-refractivity contribution in [1.82, 2.24) is 4.90 Å². The molecule has 0 spiro atoms. The SMILES string of the molecule is CC(OC(=O)Cc1ccccc1N)C(=O)N(C)C. The van der Waals surface area contributed by atoms with Gasteiger partial charge < -0.3 is 15.4 Å². The number of hydrogen-bond acceptors (Lipinski definition) is 4. The number of carbonyl (C=O) groups is 2. The first-order valence-corrected chi connectivity index (χ1v) is 5.66. The highest BCUT2D eigenvalue weighted by Gasteiger charge is 2.19. The quantitative estimate of drug-likeness (QED) is 0.634. The van der Waals surface area contributed by atoms with E-state index in [1.54, 1.807) is 45.3 Å². The van der Waals surface area contributed by atoms with Crippen LogP contribution in [0.5, 0.6) is 0 Å². The Morgan fingerprint density at radius 1 is 1.33 bits per heavy atom. The van der Waals surface area contributed by atoms with E-state index >= 15 is 0 Å². The number of amides is 1. The Hall–Kier alpha value is -2.04. The number of benzene rings is 1.